The van der Waals surface area contributed by atoms with Gasteiger partial charge in [-0.25, -0.2) is 0 Å². The number of carboxylic acids is 1. The Bertz CT molecular complexity index is 567. The van der Waals surface area contributed by atoms with Crippen LogP contribution in [0.25, 0.3) is 0 Å². The predicted octanol–water partition coefficient (Wildman–Crippen LogP) is 1.27. The molecule has 1 heterocycles. The molecule has 23 heavy (non-hydrogen) atoms. The Kier molecular flexibility index (Phi) is 6.44. The van der Waals surface area contributed by atoms with E-state index in [1.165, 1.54) is 0 Å². The zero-order valence-electron chi connectivity index (χ0n) is 13.4. The SMILES string of the molecule is CSc1ccccc1C(=O)N1CCOC(CN(C)CC(=O)O)C1. The lowest BCUT2D eigenvalue weighted by atomic mass is 10.1. The molecule has 1 aliphatic heterocycles. The second-order valence-corrected chi connectivity index (χ2v) is 6.38. The standard InChI is InChI=1S/C16H22N2O4S/c1-17(11-15(19)20)9-12-10-18(7-8-22-12)16(21)13-5-3-4-6-14(13)23-2/h3-6,12H,7-11H2,1-2H3,(H,19,20). The molecule has 1 N–H and O–H groups in total. The van der Waals surface area contributed by atoms with E-state index in [2.05, 4.69) is 0 Å². The van der Waals surface area contributed by atoms with Crippen LogP contribution in [0, 0.1) is 0 Å². The van der Waals surface area contributed by atoms with Gasteiger partial charge in [0.1, 0.15) is 0 Å². The molecule has 1 atom stereocenters. The molecule has 0 aromatic heterocycles. The number of hydrogen-bond acceptors (Lipinski definition) is 5. The summed E-state index contributed by atoms with van der Waals surface area (Å²) < 4.78 is 5.67. The van der Waals surface area contributed by atoms with E-state index in [9.17, 15) is 9.59 Å². The third-order valence-corrected chi connectivity index (χ3v) is 4.48. The third-order valence-electron chi connectivity index (χ3n) is 3.68. The quantitative estimate of drug-likeness (QED) is 0.788. The maximum Gasteiger partial charge on any atom is 0.317 e. The van der Waals surface area contributed by atoms with Crippen molar-refractivity contribution in [1.29, 1.82) is 0 Å². The zero-order valence-corrected chi connectivity index (χ0v) is 14.2. The van der Waals surface area contributed by atoms with E-state index in [-0.39, 0.29) is 18.6 Å². The summed E-state index contributed by atoms with van der Waals surface area (Å²) in [5.74, 6) is -0.866. The molecular weight excluding hydrogens is 316 g/mol. The molecular formula is C16H22N2O4S. The summed E-state index contributed by atoms with van der Waals surface area (Å²) in [7, 11) is 1.74. The highest BCUT2D eigenvalue weighted by Crippen LogP contribution is 2.22. The van der Waals surface area contributed by atoms with E-state index in [0.717, 1.165) is 4.90 Å². The largest absolute Gasteiger partial charge is 0.480 e. The van der Waals surface area contributed by atoms with E-state index in [1.807, 2.05) is 30.5 Å². The van der Waals surface area contributed by atoms with Gasteiger partial charge in [0.2, 0.25) is 0 Å². The van der Waals surface area contributed by atoms with E-state index < -0.39 is 5.97 Å². The number of carbonyl (C=O) groups is 2. The Balaban J connectivity index is 2.00. The predicted molar refractivity (Wildman–Crippen MR) is 89.0 cm³/mol. The molecule has 6 nitrogen and oxygen atoms in total. The van der Waals surface area contributed by atoms with Crippen LogP contribution in [-0.2, 0) is 9.53 Å². The molecule has 1 fully saturated rings. The molecule has 0 saturated carbocycles. The van der Waals surface area contributed by atoms with Crippen molar-refractivity contribution in [3.63, 3.8) is 0 Å². The minimum absolute atomic E-state index is 0.00383. The maximum atomic E-state index is 12.7. The number of nitrogens with zero attached hydrogens (tertiary/aromatic N) is 2. The van der Waals surface area contributed by atoms with Gasteiger partial charge < -0.3 is 14.7 Å². The average Bonchev–Trinajstić information content (AvgIpc) is 2.53. The Morgan fingerprint density at radius 3 is 2.87 bits per heavy atom. The number of amides is 1. The monoisotopic (exact) mass is 338 g/mol. The van der Waals surface area contributed by atoms with Crippen molar-refractivity contribution in [2.45, 2.75) is 11.0 Å². The van der Waals surface area contributed by atoms with Crippen LogP contribution in [0.3, 0.4) is 0 Å². The second kappa shape index (κ2) is 8.33. The van der Waals surface area contributed by atoms with Gasteiger partial charge in [-0.05, 0) is 25.4 Å². The molecule has 1 saturated heterocycles. The van der Waals surface area contributed by atoms with E-state index >= 15 is 0 Å². The van der Waals surface area contributed by atoms with Crippen molar-refractivity contribution >= 4 is 23.6 Å². The number of morpholine rings is 1. The number of hydrogen-bond donors (Lipinski definition) is 1. The lowest BCUT2D eigenvalue weighted by molar-refractivity contribution is -0.138. The zero-order chi connectivity index (χ0) is 16.8. The van der Waals surface area contributed by atoms with Gasteiger partial charge in [0, 0.05) is 24.5 Å². The van der Waals surface area contributed by atoms with Crippen molar-refractivity contribution in [3.05, 3.63) is 29.8 Å². The summed E-state index contributed by atoms with van der Waals surface area (Å²) in [5.41, 5.74) is 0.708. The van der Waals surface area contributed by atoms with E-state index in [4.69, 9.17) is 9.84 Å². The molecule has 0 aliphatic carbocycles. The molecule has 2 rings (SSSR count). The number of carboxylic acid groups (broad SMARTS) is 1. The molecule has 126 valence electrons. The first-order valence-electron chi connectivity index (χ1n) is 7.45. The van der Waals surface area contributed by atoms with Crippen molar-refractivity contribution in [2.24, 2.45) is 0 Å². The summed E-state index contributed by atoms with van der Waals surface area (Å²) in [5, 5.41) is 8.81. The number of likely N-dealkylation sites (N-methyl/N-ethyl adjacent to an activating group) is 1. The van der Waals surface area contributed by atoms with Crippen LogP contribution in [0.15, 0.2) is 29.2 Å². The first kappa shape index (κ1) is 17.8. The normalized spacial score (nSPS) is 18.2. The molecule has 7 heteroatoms. The fraction of sp³-hybridized carbons (Fsp3) is 0.500. The number of aliphatic carboxylic acids is 1. The molecule has 1 aliphatic rings. The van der Waals surface area contributed by atoms with Crippen LogP contribution in [0.2, 0.25) is 0 Å². The van der Waals surface area contributed by atoms with Crippen LogP contribution in [0.1, 0.15) is 10.4 Å². The minimum Gasteiger partial charge on any atom is -0.480 e. The lowest BCUT2D eigenvalue weighted by Crippen LogP contribution is -2.49. The lowest BCUT2D eigenvalue weighted by Gasteiger charge is -2.34. The van der Waals surface area contributed by atoms with Crippen LogP contribution in [0.4, 0.5) is 0 Å². The van der Waals surface area contributed by atoms with Crippen LogP contribution < -0.4 is 0 Å². The number of rotatable bonds is 6. The number of carbonyl (C=O) groups excluding carboxylic acids is 1. The summed E-state index contributed by atoms with van der Waals surface area (Å²) in [6, 6.07) is 7.57. The molecule has 0 spiro atoms. The first-order chi connectivity index (χ1) is 11.0. The summed E-state index contributed by atoms with van der Waals surface area (Å²) >= 11 is 1.55. The average molecular weight is 338 g/mol. The number of benzene rings is 1. The van der Waals surface area contributed by atoms with Crippen LogP contribution in [-0.4, -0.2) is 79.0 Å². The number of thioether (sulfide) groups is 1. The highest BCUT2D eigenvalue weighted by atomic mass is 32.2. The Morgan fingerprint density at radius 1 is 1.43 bits per heavy atom. The highest BCUT2D eigenvalue weighted by molar-refractivity contribution is 7.98. The Hall–Kier alpha value is -1.57. The topological polar surface area (TPSA) is 70.1 Å². The molecule has 0 bridgehead atoms. The van der Waals surface area contributed by atoms with Gasteiger partial charge in [-0.15, -0.1) is 11.8 Å². The summed E-state index contributed by atoms with van der Waals surface area (Å²) in [6.45, 7) is 1.95. The van der Waals surface area contributed by atoms with Crippen molar-refractivity contribution < 1.29 is 19.4 Å². The number of ether oxygens (including phenoxy) is 1. The van der Waals surface area contributed by atoms with E-state index in [0.29, 0.717) is 31.8 Å². The first-order valence-corrected chi connectivity index (χ1v) is 8.68. The maximum absolute atomic E-state index is 12.7. The minimum atomic E-state index is -0.870. The van der Waals surface area contributed by atoms with Gasteiger partial charge in [-0.2, -0.15) is 0 Å². The Morgan fingerprint density at radius 2 is 2.17 bits per heavy atom. The fourth-order valence-corrected chi connectivity index (χ4v) is 3.24. The molecule has 0 radical (unpaired) electrons. The molecule has 1 unspecified atom stereocenters. The third kappa shape index (κ3) is 4.95. The molecule has 1 aromatic rings. The van der Waals surface area contributed by atoms with Crippen molar-refractivity contribution in [1.82, 2.24) is 9.80 Å². The van der Waals surface area contributed by atoms with E-state index in [1.54, 1.807) is 28.6 Å². The Labute approximate surface area is 140 Å². The van der Waals surface area contributed by atoms with Crippen LogP contribution in [0.5, 0.6) is 0 Å². The summed E-state index contributed by atoms with van der Waals surface area (Å²) in [6.07, 6.45) is 1.79. The van der Waals surface area contributed by atoms with Crippen molar-refractivity contribution in [3.8, 4) is 0 Å². The van der Waals surface area contributed by atoms with Gasteiger partial charge in [-0.1, -0.05) is 12.1 Å². The van der Waals surface area contributed by atoms with Gasteiger partial charge in [0.15, 0.2) is 0 Å². The second-order valence-electron chi connectivity index (χ2n) is 5.53. The summed E-state index contributed by atoms with van der Waals surface area (Å²) in [4.78, 5) is 27.9. The van der Waals surface area contributed by atoms with Gasteiger partial charge in [0.05, 0.1) is 24.8 Å². The van der Waals surface area contributed by atoms with Crippen molar-refractivity contribution in [2.75, 3.05) is 46.1 Å². The highest BCUT2D eigenvalue weighted by Gasteiger charge is 2.27. The van der Waals surface area contributed by atoms with Crippen LogP contribution >= 0.6 is 11.8 Å². The molecule has 1 amide bonds. The molecule has 1 aromatic carbocycles. The van der Waals surface area contributed by atoms with Gasteiger partial charge in [0.25, 0.3) is 5.91 Å². The van der Waals surface area contributed by atoms with Gasteiger partial charge >= 0.3 is 5.97 Å². The van der Waals surface area contributed by atoms with Gasteiger partial charge in [-0.3, -0.25) is 14.5 Å². The fourth-order valence-electron chi connectivity index (χ4n) is 2.65. The smallest absolute Gasteiger partial charge is 0.317 e.